The number of halogens is 4. The molecule has 0 amide bonds. The van der Waals surface area contributed by atoms with Gasteiger partial charge in [0.05, 0.1) is 6.61 Å². The Bertz CT molecular complexity index is 1210. The Balaban J connectivity index is 1.44. The van der Waals surface area contributed by atoms with E-state index in [2.05, 4.69) is 12.2 Å². The van der Waals surface area contributed by atoms with Crippen LogP contribution in [-0.4, -0.2) is 6.61 Å². The van der Waals surface area contributed by atoms with Crippen LogP contribution >= 0.6 is 0 Å². The number of allylic oxidation sites excluding steroid dienone is 2. The predicted molar refractivity (Wildman–Crippen MR) is 136 cm³/mol. The SMILES string of the molecule is CC=CC1CCC(c2ccc(-c3ccc(CCc4ccc(OCC)c(F)c4F)cc3)c(F)c2F)CC1. The molecule has 3 aromatic rings. The van der Waals surface area contributed by atoms with Crippen molar-refractivity contribution in [1.82, 2.24) is 0 Å². The molecule has 0 radical (unpaired) electrons. The van der Waals surface area contributed by atoms with Crippen molar-refractivity contribution >= 4 is 0 Å². The van der Waals surface area contributed by atoms with Crippen molar-refractivity contribution in [3.05, 3.63) is 101 Å². The molecule has 3 aromatic carbocycles. The van der Waals surface area contributed by atoms with E-state index in [1.54, 1.807) is 31.2 Å². The molecule has 0 aliphatic heterocycles. The van der Waals surface area contributed by atoms with Gasteiger partial charge in [0, 0.05) is 5.56 Å². The lowest BCUT2D eigenvalue weighted by Gasteiger charge is -2.27. The number of hydrogen-bond acceptors (Lipinski definition) is 1. The molecule has 4 rings (SSSR count). The van der Waals surface area contributed by atoms with Crippen molar-refractivity contribution < 1.29 is 22.3 Å². The van der Waals surface area contributed by atoms with E-state index in [4.69, 9.17) is 4.74 Å². The third-order valence-electron chi connectivity index (χ3n) is 7.16. The van der Waals surface area contributed by atoms with Gasteiger partial charge in [-0.15, -0.1) is 0 Å². The number of benzene rings is 3. The molecule has 5 heteroatoms. The number of ether oxygens (including phenoxy) is 1. The van der Waals surface area contributed by atoms with Crippen LogP contribution in [0.1, 0.15) is 62.1 Å². The first-order chi connectivity index (χ1) is 17.4. The Morgan fingerprint density at radius 1 is 0.778 bits per heavy atom. The minimum Gasteiger partial charge on any atom is -0.491 e. The Hall–Kier alpha value is -3.08. The van der Waals surface area contributed by atoms with Crippen LogP contribution in [0, 0.1) is 29.2 Å². The second kappa shape index (κ2) is 11.8. The van der Waals surface area contributed by atoms with E-state index in [1.165, 1.54) is 12.1 Å². The first-order valence-corrected chi connectivity index (χ1v) is 12.7. The number of hydrogen-bond donors (Lipinski definition) is 0. The molecule has 0 unspecified atom stereocenters. The molecular weight excluding hydrogens is 464 g/mol. The average Bonchev–Trinajstić information content (AvgIpc) is 2.89. The summed E-state index contributed by atoms with van der Waals surface area (Å²) in [5.74, 6) is -2.96. The first kappa shape index (κ1) is 26.0. The van der Waals surface area contributed by atoms with E-state index in [0.717, 1.165) is 31.2 Å². The Morgan fingerprint density at radius 3 is 2.17 bits per heavy atom. The largest absolute Gasteiger partial charge is 0.491 e. The summed E-state index contributed by atoms with van der Waals surface area (Å²) in [7, 11) is 0. The van der Waals surface area contributed by atoms with E-state index in [0.29, 0.717) is 29.9 Å². The fourth-order valence-corrected chi connectivity index (χ4v) is 5.16. The number of aryl methyl sites for hydroxylation is 2. The van der Waals surface area contributed by atoms with E-state index in [1.807, 2.05) is 19.1 Å². The maximum absolute atomic E-state index is 15.1. The summed E-state index contributed by atoms with van der Waals surface area (Å²) >= 11 is 0. The van der Waals surface area contributed by atoms with Crippen LogP contribution in [0.4, 0.5) is 17.6 Å². The van der Waals surface area contributed by atoms with Gasteiger partial charge in [-0.25, -0.2) is 13.2 Å². The monoisotopic (exact) mass is 496 g/mol. The molecule has 0 saturated heterocycles. The van der Waals surface area contributed by atoms with Gasteiger partial charge in [-0.2, -0.15) is 4.39 Å². The van der Waals surface area contributed by atoms with E-state index in [-0.39, 0.29) is 29.4 Å². The normalized spacial score (nSPS) is 18.1. The Kier molecular flexibility index (Phi) is 8.50. The fourth-order valence-electron chi connectivity index (χ4n) is 5.16. The lowest BCUT2D eigenvalue weighted by atomic mass is 9.78. The summed E-state index contributed by atoms with van der Waals surface area (Å²) in [5, 5.41) is 0. The summed E-state index contributed by atoms with van der Waals surface area (Å²) in [6.07, 6.45) is 8.75. The van der Waals surface area contributed by atoms with E-state index in [9.17, 15) is 8.78 Å². The fraction of sp³-hybridized carbons (Fsp3) is 0.355. The van der Waals surface area contributed by atoms with Gasteiger partial charge in [0.2, 0.25) is 5.82 Å². The quantitative estimate of drug-likeness (QED) is 0.223. The molecule has 0 N–H and O–H groups in total. The molecule has 1 nitrogen and oxygen atoms in total. The summed E-state index contributed by atoms with van der Waals surface area (Å²) in [5.41, 5.74) is 2.43. The molecule has 0 aromatic heterocycles. The summed E-state index contributed by atoms with van der Waals surface area (Å²) in [6, 6.07) is 13.5. The standard InChI is InChI=1S/C31H32F4O/c1-3-5-20-6-11-22(12-7-20)25-17-18-26(30(34)29(25)33)23-13-8-21(9-14-23)10-15-24-16-19-27(36-4-2)31(35)28(24)32/h3,5,8-9,13-14,16-20,22H,4,6-7,10-12,15H2,1-2H3. The summed E-state index contributed by atoms with van der Waals surface area (Å²) in [6.45, 7) is 3.98. The lowest BCUT2D eigenvalue weighted by molar-refractivity contribution is 0.313. The molecule has 0 heterocycles. The van der Waals surface area contributed by atoms with Crippen molar-refractivity contribution in [3.63, 3.8) is 0 Å². The molecule has 1 saturated carbocycles. The van der Waals surface area contributed by atoms with Gasteiger partial charge in [0.1, 0.15) is 0 Å². The molecule has 190 valence electrons. The average molecular weight is 497 g/mol. The van der Waals surface area contributed by atoms with Gasteiger partial charge < -0.3 is 4.74 Å². The minimum atomic E-state index is -0.975. The van der Waals surface area contributed by atoms with E-state index >= 15 is 8.78 Å². The zero-order chi connectivity index (χ0) is 25.7. The van der Waals surface area contributed by atoms with Crippen LogP contribution in [-0.2, 0) is 12.8 Å². The van der Waals surface area contributed by atoms with Crippen molar-refractivity contribution in [3.8, 4) is 16.9 Å². The highest BCUT2D eigenvalue weighted by Crippen LogP contribution is 2.39. The molecule has 1 aliphatic carbocycles. The maximum Gasteiger partial charge on any atom is 0.200 e. The Morgan fingerprint density at radius 2 is 1.50 bits per heavy atom. The van der Waals surface area contributed by atoms with E-state index < -0.39 is 23.3 Å². The second-order valence-corrected chi connectivity index (χ2v) is 9.45. The van der Waals surface area contributed by atoms with Crippen LogP contribution in [0.3, 0.4) is 0 Å². The van der Waals surface area contributed by atoms with Gasteiger partial charge >= 0.3 is 0 Å². The molecular formula is C31H32F4O. The molecule has 0 bridgehead atoms. The van der Waals surface area contributed by atoms with Gasteiger partial charge in [-0.05, 0) is 92.5 Å². The highest BCUT2D eigenvalue weighted by molar-refractivity contribution is 5.65. The summed E-state index contributed by atoms with van der Waals surface area (Å²) in [4.78, 5) is 0. The Labute approximate surface area is 210 Å². The molecule has 0 spiro atoms. The topological polar surface area (TPSA) is 9.23 Å². The molecule has 0 atom stereocenters. The predicted octanol–water partition coefficient (Wildman–Crippen LogP) is 8.94. The van der Waals surface area contributed by atoms with Crippen LogP contribution in [0.15, 0.2) is 60.7 Å². The van der Waals surface area contributed by atoms with Crippen LogP contribution < -0.4 is 4.74 Å². The zero-order valence-corrected chi connectivity index (χ0v) is 20.8. The van der Waals surface area contributed by atoms with Crippen LogP contribution in [0.5, 0.6) is 5.75 Å². The van der Waals surface area contributed by atoms with Gasteiger partial charge in [-0.1, -0.05) is 54.6 Å². The lowest BCUT2D eigenvalue weighted by Crippen LogP contribution is -2.13. The molecule has 36 heavy (non-hydrogen) atoms. The maximum atomic E-state index is 15.1. The van der Waals surface area contributed by atoms with Crippen molar-refractivity contribution in [1.29, 1.82) is 0 Å². The molecule has 1 aliphatic rings. The highest BCUT2D eigenvalue weighted by Gasteiger charge is 2.25. The van der Waals surface area contributed by atoms with Gasteiger partial charge in [-0.3, -0.25) is 0 Å². The van der Waals surface area contributed by atoms with Crippen LogP contribution in [0.2, 0.25) is 0 Å². The minimum absolute atomic E-state index is 0.0465. The summed E-state index contributed by atoms with van der Waals surface area (Å²) < 4.78 is 63.7. The highest BCUT2D eigenvalue weighted by atomic mass is 19.2. The number of rotatable bonds is 8. The van der Waals surface area contributed by atoms with Gasteiger partial charge in [0.15, 0.2) is 23.2 Å². The smallest absolute Gasteiger partial charge is 0.200 e. The van der Waals surface area contributed by atoms with Gasteiger partial charge in [0.25, 0.3) is 0 Å². The molecule has 1 fully saturated rings. The van der Waals surface area contributed by atoms with Crippen molar-refractivity contribution in [2.75, 3.05) is 6.61 Å². The van der Waals surface area contributed by atoms with Crippen LogP contribution in [0.25, 0.3) is 11.1 Å². The van der Waals surface area contributed by atoms with Crippen molar-refractivity contribution in [2.45, 2.75) is 58.3 Å². The van der Waals surface area contributed by atoms with Crippen molar-refractivity contribution in [2.24, 2.45) is 5.92 Å². The third kappa shape index (κ3) is 5.66. The zero-order valence-electron chi connectivity index (χ0n) is 20.8. The third-order valence-corrected chi connectivity index (χ3v) is 7.16. The first-order valence-electron chi connectivity index (χ1n) is 12.7. The second-order valence-electron chi connectivity index (χ2n) is 9.45.